The highest BCUT2D eigenvalue weighted by molar-refractivity contribution is 7.10. The van der Waals surface area contributed by atoms with Crippen LogP contribution < -0.4 is 5.32 Å². The van der Waals surface area contributed by atoms with Crippen LogP contribution in [0.25, 0.3) is 0 Å². The Morgan fingerprint density at radius 1 is 1.29 bits per heavy atom. The Morgan fingerprint density at radius 3 is 2.24 bits per heavy atom. The molecular formula is C15H25NS. The monoisotopic (exact) mass is 251 g/mol. The largest absolute Gasteiger partial charge is 0.310 e. The van der Waals surface area contributed by atoms with Crippen molar-refractivity contribution in [2.24, 2.45) is 16.7 Å². The van der Waals surface area contributed by atoms with Gasteiger partial charge in [-0.25, -0.2) is 0 Å². The van der Waals surface area contributed by atoms with E-state index in [9.17, 15) is 0 Å². The molecule has 0 saturated heterocycles. The first-order chi connectivity index (χ1) is 7.82. The van der Waals surface area contributed by atoms with Crippen LogP contribution in [0.2, 0.25) is 0 Å². The number of rotatable bonds is 4. The third-order valence-corrected chi connectivity index (χ3v) is 5.88. The molecule has 1 aromatic heterocycles. The lowest BCUT2D eigenvalue weighted by atomic mass is 9.98. The van der Waals surface area contributed by atoms with Gasteiger partial charge in [0.2, 0.25) is 0 Å². The first-order valence-corrected chi connectivity index (χ1v) is 7.48. The smallest absolute Gasteiger partial charge is 0.0367 e. The molecule has 0 spiro atoms. The van der Waals surface area contributed by atoms with E-state index in [2.05, 4.69) is 58.3 Å². The van der Waals surface area contributed by atoms with Gasteiger partial charge in [-0.15, -0.1) is 11.3 Å². The molecule has 1 heterocycles. The molecule has 0 bridgehead atoms. The Morgan fingerprint density at radius 2 is 1.88 bits per heavy atom. The summed E-state index contributed by atoms with van der Waals surface area (Å²) in [5.74, 6) is 0.740. The highest BCUT2D eigenvalue weighted by Gasteiger charge is 2.67. The van der Waals surface area contributed by atoms with Crippen molar-refractivity contribution in [3.05, 3.63) is 21.9 Å². The van der Waals surface area contributed by atoms with E-state index in [1.807, 2.05) is 11.3 Å². The Hall–Kier alpha value is -0.340. The Kier molecular flexibility index (Phi) is 3.16. The number of hydrogen-bond donors (Lipinski definition) is 1. The average molecular weight is 251 g/mol. The fraction of sp³-hybridized carbons (Fsp3) is 0.733. The molecular weight excluding hydrogens is 226 g/mol. The minimum Gasteiger partial charge on any atom is -0.310 e. The van der Waals surface area contributed by atoms with Gasteiger partial charge in [-0.3, -0.25) is 0 Å². The highest BCUT2D eigenvalue weighted by Crippen LogP contribution is 2.72. The maximum absolute atomic E-state index is 3.69. The normalized spacial score (nSPS) is 23.6. The van der Waals surface area contributed by atoms with E-state index < -0.39 is 0 Å². The second-order valence-electron chi connectivity index (χ2n) is 6.45. The molecule has 1 saturated carbocycles. The zero-order chi connectivity index (χ0) is 12.8. The van der Waals surface area contributed by atoms with E-state index in [0.717, 1.165) is 12.5 Å². The van der Waals surface area contributed by atoms with Gasteiger partial charge >= 0.3 is 0 Å². The molecule has 0 amide bonds. The van der Waals surface area contributed by atoms with Gasteiger partial charge in [0.15, 0.2) is 0 Å². The van der Waals surface area contributed by atoms with Crippen LogP contribution in [-0.4, -0.2) is 6.54 Å². The van der Waals surface area contributed by atoms with Crippen LogP contribution in [0.4, 0.5) is 0 Å². The molecule has 0 aromatic carbocycles. The van der Waals surface area contributed by atoms with E-state index in [0.29, 0.717) is 16.9 Å². The van der Waals surface area contributed by atoms with Gasteiger partial charge in [-0.2, -0.15) is 0 Å². The Bertz CT molecular complexity index is 389. The maximum Gasteiger partial charge on any atom is 0.0367 e. The molecule has 0 aliphatic heterocycles. The number of hydrogen-bond acceptors (Lipinski definition) is 2. The molecule has 2 rings (SSSR count). The molecule has 1 aliphatic rings. The third kappa shape index (κ3) is 1.96. The molecule has 1 nitrogen and oxygen atoms in total. The summed E-state index contributed by atoms with van der Waals surface area (Å²) in [7, 11) is 0. The van der Waals surface area contributed by atoms with Crippen molar-refractivity contribution in [3.63, 3.8) is 0 Å². The number of aryl methyl sites for hydroxylation is 1. The van der Waals surface area contributed by atoms with E-state index >= 15 is 0 Å². The predicted octanol–water partition coefficient (Wildman–Crippen LogP) is 4.39. The first kappa shape index (κ1) is 13.1. The van der Waals surface area contributed by atoms with Crippen LogP contribution in [0.1, 0.15) is 51.1 Å². The van der Waals surface area contributed by atoms with Crippen LogP contribution in [0.3, 0.4) is 0 Å². The van der Waals surface area contributed by atoms with E-state index in [1.165, 1.54) is 10.4 Å². The van der Waals surface area contributed by atoms with Crippen molar-refractivity contribution in [2.75, 3.05) is 6.54 Å². The lowest BCUT2D eigenvalue weighted by molar-refractivity contribution is 0.419. The van der Waals surface area contributed by atoms with Crippen molar-refractivity contribution in [3.8, 4) is 0 Å². The molecule has 1 N–H and O–H groups in total. The summed E-state index contributed by atoms with van der Waals surface area (Å²) in [6.07, 6.45) is 0. The summed E-state index contributed by atoms with van der Waals surface area (Å²) in [6, 6.07) is 2.87. The molecule has 96 valence electrons. The molecule has 1 atom stereocenters. The molecule has 1 unspecified atom stereocenters. The Labute approximate surface area is 110 Å². The van der Waals surface area contributed by atoms with Crippen LogP contribution in [0.5, 0.6) is 0 Å². The second-order valence-corrected chi connectivity index (χ2v) is 7.56. The third-order valence-electron chi connectivity index (χ3n) is 5.00. The zero-order valence-electron chi connectivity index (χ0n) is 11.9. The van der Waals surface area contributed by atoms with Crippen LogP contribution in [0, 0.1) is 23.7 Å². The standard InChI is InChI=1S/C15H25NS/c1-7-16-12(11-8-10(2)17-9-11)13-14(3,4)15(13,5)6/h8-9,12-13,16H,7H2,1-6H3. The fourth-order valence-electron chi connectivity index (χ4n) is 3.36. The average Bonchev–Trinajstić information content (AvgIpc) is 2.56. The summed E-state index contributed by atoms with van der Waals surface area (Å²) in [5.41, 5.74) is 2.36. The molecule has 2 heteroatoms. The molecule has 0 radical (unpaired) electrons. The number of thiophene rings is 1. The number of nitrogens with one attached hydrogen (secondary N) is 1. The zero-order valence-corrected chi connectivity index (χ0v) is 12.7. The maximum atomic E-state index is 3.69. The van der Waals surface area contributed by atoms with Gasteiger partial charge in [0.25, 0.3) is 0 Å². The Balaban J connectivity index is 2.26. The van der Waals surface area contributed by atoms with Crippen LogP contribution in [-0.2, 0) is 0 Å². The van der Waals surface area contributed by atoms with Gasteiger partial charge in [0.05, 0.1) is 0 Å². The van der Waals surface area contributed by atoms with E-state index in [4.69, 9.17) is 0 Å². The van der Waals surface area contributed by atoms with Crippen molar-refractivity contribution >= 4 is 11.3 Å². The highest BCUT2D eigenvalue weighted by atomic mass is 32.1. The van der Waals surface area contributed by atoms with Crippen molar-refractivity contribution in [2.45, 2.75) is 47.6 Å². The van der Waals surface area contributed by atoms with Crippen molar-refractivity contribution in [1.29, 1.82) is 0 Å². The summed E-state index contributed by atoms with van der Waals surface area (Å²) < 4.78 is 0. The first-order valence-electron chi connectivity index (χ1n) is 6.60. The predicted molar refractivity (Wildman–Crippen MR) is 76.5 cm³/mol. The summed E-state index contributed by atoms with van der Waals surface area (Å²) >= 11 is 1.86. The molecule has 1 aliphatic carbocycles. The lowest BCUT2D eigenvalue weighted by Crippen LogP contribution is -2.24. The van der Waals surface area contributed by atoms with Gasteiger partial charge < -0.3 is 5.32 Å². The van der Waals surface area contributed by atoms with Crippen LogP contribution >= 0.6 is 11.3 Å². The fourth-order valence-corrected chi connectivity index (χ4v) is 4.10. The van der Waals surface area contributed by atoms with Gasteiger partial charge in [0.1, 0.15) is 0 Å². The second kappa shape index (κ2) is 4.10. The van der Waals surface area contributed by atoms with E-state index in [1.54, 1.807) is 0 Å². The topological polar surface area (TPSA) is 12.0 Å². The molecule has 1 aromatic rings. The van der Waals surface area contributed by atoms with E-state index in [-0.39, 0.29) is 0 Å². The van der Waals surface area contributed by atoms with Gasteiger partial charge in [-0.05, 0) is 47.2 Å². The summed E-state index contributed by atoms with van der Waals surface area (Å²) in [5, 5.41) is 6.02. The molecule has 17 heavy (non-hydrogen) atoms. The lowest BCUT2D eigenvalue weighted by Gasteiger charge is -2.19. The van der Waals surface area contributed by atoms with Gasteiger partial charge in [0, 0.05) is 10.9 Å². The minimum absolute atomic E-state index is 0.440. The van der Waals surface area contributed by atoms with Gasteiger partial charge in [-0.1, -0.05) is 34.6 Å². The summed E-state index contributed by atoms with van der Waals surface area (Å²) in [6.45, 7) is 15.1. The SMILES string of the molecule is CCNC(c1csc(C)c1)C1C(C)(C)C1(C)C. The van der Waals surface area contributed by atoms with Crippen molar-refractivity contribution in [1.82, 2.24) is 5.32 Å². The minimum atomic E-state index is 0.440. The van der Waals surface area contributed by atoms with Crippen molar-refractivity contribution < 1.29 is 0 Å². The van der Waals surface area contributed by atoms with Crippen LogP contribution in [0.15, 0.2) is 11.4 Å². The summed E-state index contributed by atoms with van der Waals surface area (Å²) in [4.78, 5) is 1.42. The molecule has 1 fully saturated rings. The quantitative estimate of drug-likeness (QED) is 0.837.